The molecule has 0 fully saturated rings. The first-order chi connectivity index (χ1) is 6.40. The molecule has 2 aromatic heterocycles. The number of nitrogens with zero attached hydrogens (tertiary/aromatic N) is 1. The molecule has 0 aliphatic rings. The maximum atomic E-state index is 2.22. The van der Waals surface area contributed by atoms with Gasteiger partial charge >= 0.3 is 0 Å². The molecule has 1 heteroatoms. The number of fused-ring (bicyclic) bond motifs is 1. The highest BCUT2D eigenvalue weighted by atomic mass is 14.8. The van der Waals surface area contributed by atoms with Crippen LogP contribution < -0.4 is 0 Å². The van der Waals surface area contributed by atoms with Crippen LogP contribution in [0.3, 0.4) is 0 Å². The Morgan fingerprint density at radius 3 is 2.62 bits per heavy atom. The number of rotatable bonds is 1. The second kappa shape index (κ2) is 4.70. The number of aryl methyl sites for hydroxylation is 1. The minimum absolute atomic E-state index is 1.11. The maximum Gasteiger partial charge on any atom is 0.0452 e. The molecular weight excluding hydrogens is 158 g/mol. The van der Waals surface area contributed by atoms with Crippen molar-refractivity contribution < 1.29 is 0 Å². The molecule has 2 rings (SSSR count). The van der Waals surface area contributed by atoms with Crippen LogP contribution in [0.4, 0.5) is 0 Å². The van der Waals surface area contributed by atoms with Crippen LogP contribution in [0.25, 0.3) is 5.52 Å². The second-order valence-corrected chi connectivity index (χ2v) is 2.73. The second-order valence-electron chi connectivity index (χ2n) is 2.73. The van der Waals surface area contributed by atoms with E-state index in [4.69, 9.17) is 0 Å². The lowest BCUT2D eigenvalue weighted by molar-refractivity contribution is 1.10. The van der Waals surface area contributed by atoms with E-state index in [0.717, 1.165) is 6.42 Å². The fourth-order valence-corrected chi connectivity index (χ4v) is 1.30. The van der Waals surface area contributed by atoms with Gasteiger partial charge in [-0.25, -0.2) is 0 Å². The van der Waals surface area contributed by atoms with Gasteiger partial charge in [0.25, 0.3) is 0 Å². The van der Waals surface area contributed by atoms with E-state index in [9.17, 15) is 0 Å². The van der Waals surface area contributed by atoms with Crippen LogP contribution in [0.1, 0.15) is 26.3 Å². The average molecular weight is 175 g/mol. The number of aromatic nitrogens is 1. The van der Waals surface area contributed by atoms with Gasteiger partial charge in [0.1, 0.15) is 0 Å². The van der Waals surface area contributed by atoms with Crippen LogP contribution in [-0.2, 0) is 6.42 Å². The average Bonchev–Trinajstić information content (AvgIpc) is 2.67. The van der Waals surface area contributed by atoms with Crippen molar-refractivity contribution in [2.24, 2.45) is 0 Å². The van der Waals surface area contributed by atoms with Crippen LogP contribution >= 0.6 is 0 Å². The smallest absolute Gasteiger partial charge is 0.0452 e. The van der Waals surface area contributed by atoms with E-state index in [1.807, 2.05) is 13.8 Å². The van der Waals surface area contributed by atoms with Crippen LogP contribution in [0.15, 0.2) is 36.7 Å². The lowest BCUT2D eigenvalue weighted by atomic mass is 10.2. The lowest BCUT2D eigenvalue weighted by Gasteiger charge is -1.97. The van der Waals surface area contributed by atoms with Crippen molar-refractivity contribution >= 4 is 5.52 Å². The van der Waals surface area contributed by atoms with Gasteiger partial charge in [-0.1, -0.05) is 20.8 Å². The summed E-state index contributed by atoms with van der Waals surface area (Å²) < 4.78 is 2.12. The molecule has 2 heterocycles. The minimum Gasteiger partial charge on any atom is -0.324 e. The van der Waals surface area contributed by atoms with Crippen LogP contribution in [0.5, 0.6) is 0 Å². The quantitative estimate of drug-likeness (QED) is 0.624. The van der Waals surface area contributed by atoms with Crippen LogP contribution in [0, 0.1) is 0 Å². The first-order valence-corrected chi connectivity index (χ1v) is 4.96. The molecule has 0 saturated heterocycles. The van der Waals surface area contributed by atoms with Gasteiger partial charge in [0.15, 0.2) is 0 Å². The molecule has 0 unspecified atom stereocenters. The molecule has 0 amide bonds. The molecule has 0 bridgehead atoms. The van der Waals surface area contributed by atoms with Gasteiger partial charge in [-0.05, 0) is 36.2 Å². The Morgan fingerprint density at radius 1 is 1.15 bits per heavy atom. The van der Waals surface area contributed by atoms with Crippen molar-refractivity contribution in [2.75, 3.05) is 0 Å². The molecule has 1 nitrogen and oxygen atoms in total. The fraction of sp³-hybridized carbons (Fsp3) is 0.333. The van der Waals surface area contributed by atoms with Crippen molar-refractivity contribution in [1.29, 1.82) is 0 Å². The summed E-state index contributed by atoms with van der Waals surface area (Å²) in [4.78, 5) is 0. The van der Waals surface area contributed by atoms with Gasteiger partial charge in [0.05, 0.1) is 0 Å². The van der Waals surface area contributed by atoms with Gasteiger partial charge in [-0.2, -0.15) is 0 Å². The SMILES string of the molecule is CC.CCc1ccn2cccc2c1. The van der Waals surface area contributed by atoms with E-state index in [2.05, 4.69) is 48.0 Å². The lowest BCUT2D eigenvalue weighted by Crippen LogP contribution is -1.84. The Bertz CT molecular complexity index is 360. The molecule has 2 aromatic rings. The van der Waals surface area contributed by atoms with Crippen molar-refractivity contribution in [3.63, 3.8) is 0 Å². The summed E-state index contributed by atoms with van der Waals surface area (Å²) in [7, 11) is 0. The third kappa shape index (κ3) is 2.11. The molecule has 0 aliphatic heterocycles. The first-order valence-electron chi connectivity index (χ1n) is 4.96. The zero-order chi connectivity index (χ0) is 9.68. The van der Waals surface area contributed by atoms with Gasteiger partial charge in [-0.15, -0.1) is 0 Å². The monoisotopic (exact) mass is 175 g/mol. The molecule has 0 aromatic carbocycles. The Labute approximate surface area is 80.0 Å². The van der Waals surface area contributed by atoms with Crippen LogP contribution in [-0.4, -0.2) is 4.40 Å². The van der Waals surface area contributed by atoms with E-state index in [-0.39, 0.29) is 0 Å². The summed E-state index contributed by atoms with van der Waals surface area (Å²) >= 11 is 0. The molecule has 0 atom stereocenters. The van der Waals surface area contributed by atoms with Gasteiger partial charge in [-0.3, -0.25) is 0 Å². The molecule has 0 aliphatic carbocycles. The predicted octanol–water partition coefficient (Wildman–Crippen LogP) is 3.53. The summed E-state index contributed by atoms with van der Waals surface area (Å²) in [5, 5.41) is 0. The predicted molar refractivity (Wildman–Crippen MR) is 58.1 cm³/mol. The number of pyridine rings is 1. The standard InChI is InChI=1S/C10H11N.C2H6/c1-2-9-5-7-11-6-3-4-10(11)8-9;1-2/h3-8H,2H2,1H3;1-2H3. The normalized spacial score (nSPS) is 9.46. The van der Waals surface area contributed by atoms with Crippen molar-refractivity contribution in [3.05, 3.63) is 42.2 Å². The first kappa shape index (κ1) is 9.85. The van der Waals surface area contributed by atoms with E-state index >= 15 is 0 Å². The molecule has 0 radical (unpaired) electrons. The Hall–Kier alpha value is -1.24. The largest absolute Gasteiger partial charge is 0.324 e. The highest BCUT2D eigenvalue weighted by molar-refractivity contribution is 5.49. The van der Waals surface area contributed by atoms with Gasteiger partial charge in [0, 0.05) is 17.9 Å². The summed E-state index contributed by atoms with van der Waals surface area (Å²) in [6.07, 6.45) is 5.28. The van der Waals surface area contributed by atoms with Crippen molar-refractivity contribution in [1.82, 2.24) is 4.40 Å². The molecule has 70 valence electrons. The van der Waals surface area contributed by atoms with Crippen LogP contribution in [0.2, 0.25) is 0 Å². The summed E-state index contributed by atoms with van der Waals surface area (Å²) in [6.45, 7) is 6.18. The van der Waals surface area contributed by atoms with Gasteiger partial charge < -0.3 is 4.40 Å². The Kier molecular flexibility index (Phi) is 3.56. The van der Waals surface area contributed by atoms with Crippen molar-refractivity contribution in [2.45, 2.75) is 27.2 Å². The van der Waals surface area contributed by atoms with E-state index in [0.29, 0.717) is 0 Å². The topological polar surface area (TPSA) is 4.41 Å². The number of hydrogen-bond donors (Lipinski definition) is 0. The zero-order valence-corrected chi connectivity index (χ0v) is 8.62. The van der Waals surface area contributed by atoms with Gasteiger partial charge in [0.2, 0.25) is 0 Å². The third-order valence-corrected chi connectivity index (χ3v) is 2.00. The summed E-state index contributed by atoms with van der Waals surface area (Å²) in [6, 6.07) is 8.57. The van der Waals surface area contributed by atoms with E-state index in [1.165, 1.54) is 11.1 Å². The fourth-order valence-electron chi connectivity index (χ4n) is 1.30. The summed E-state index contributed by atoms with van der Waals surface area (Å²) in [5.74, 6) is 0. The molecule has 0 N–H and O–H groups in total. The van der Waals surface area contributed by atoms with Crippen molar-refractivity contribution in [3.8, 4) is 0 Å². The number of hydrogen-bond acceptors (Lipinski definition) is 0. The van der Waals surface area contributed by atoms with E-state index < -0.39 is 0 Å². The Balaban J connectivity index is 0.000000396. The highest BCUT2D eigenvalue weighted by Gasteiger charge is 1.91. The maximum absolute atomic E-state index is 2.22. The third-order valence-electron chi connectivity index (χ3n) is 2.00. The molecular formula is C12H17N. The summed E-state index contributed by atoms with van der Waals surface area (Å²) in [5.41, 5.74) is 2.68. The Morgan fingerprint density at radius 2 is 1.92 bits per heavy atom. The molecule has 13 heavy (non-hydrogen) atoms. The molecule has 0 saturated carbocycles. The minimum atomic E-state index is 1.11. The highest BCUT2D eigenvalue weighted by Crippen LogP contribution is 2.07. The molecule has 0 spiro atoms. The van der Waals surface area contributed by atoms with E-state index in [1.54, 1.807) is 0 Å². The zero-order valence-electron chi connectivity index (χ0n) is 8.62.